The second kappa shape index (κ2) is 35.8. The van der Waals surface area contributed by atoms with Crippen LogP contribution in [0.2, 0.25) is 0 Å². The smallest absolute Gasteiger partial charge is 0.312 e. The predicted octanol–water partition coefficient (Wildman–Crippen LogP) is 7.40. The molecule has 4 heterocycles. The third-order valence-corrected chi connectivity index (χ3v) is 15.1. The van der Waals surface area contributed by atoms with Crippen molar-refractivity contribution in [2.45, 2.75) is 151 Å². The molecule has 8 N–H and O–H groups in total. The van der Waals surface area contributed by atoms with Gasteiger partial charge in [-0.05, 0) is 112 Å². The van der Waals surface area contributed by atoms with E-state index in [4.69, 9.17) is 16.2 Å². The second-order valence-electron chi connectivity index (χ2n) is 22.5. The molecule has 3 aliphatic heterocycles. The highest BCUT2D eigenvalue weighted by atomic mass is 16.5. The van der Waals surface area contributed by atoms with Gasteiger partial charge in [0.05, 0.1) is 23.6 Å². The molecule has 6 rings (SSSR count). The maximum Gasteiger partial charge on any atom is 0.312 e. The highest BCUT2D eigenvalue weighted by Crippen LogP contribution is 2.30. The Balaban J connectivity index is 0.000000319. The summed E-state index contributed by atoms with van der Waals surface area (Å²) in [5, 5.41) is 11.2. The normalized spacial score (nSPS) is 14.5. The number of amidine groups is 1. The quantitative estimate of drug-likeness (QED) is 0.0202. The lowest BCUT2D eigenvalue weighted by Crippen LogP contribution is -2.46. The van der Waals surface area contributed by atoms with Crippen molar-refractivity contribution in [3.8, 4) is 0 Å². The number of aromatic nitrogens is 1. The zero-order valence-corrected chi connectivity index (χ0v) is 51.5. The van der Waals surface area contributed by atoms with Gasteiger partial charge in [0, 0.05) is 119 Å². The number of esters is 1. The van der Waals surface area contributed by atoms with Crippen LogP contribution >= 0.6 is 0 Å². The molecule has 2 atom stereocenters. The third kappa shape index (κ3) is 22.7. The van der Waals surface area contributed by atoms with Gasteiger partial charge in [0.2, 0.25) is 17.7 Å². The Morgan fingerprint density at radius 1 is 0.805 bits per heavy atom. The van der Waals surface area contributed by atoms with Crippen LogP contribution in [0.1, 0.15) is 158 Å². The molecule has 1 saturated heterocycles. The molecule has 0 unspecified atom stereocenters. The van der Waals surface area contributed by atoms with Crippen molar-refractivity contribution in [1.29, 1.82) is 0 Å². The van der Waals surface area contributed by atoms with E-state index in [1.165, 1.54) is 17.1 Å². The molecule has 1 aromatic heterocycles. The van der Waals surface area contributed by atoms with Crippen LogP contribution in [0.4, 0.5) is 22.0 Å². The number of benzene rings is 2. The molecular weight excluding hydrogens is 1110 g/mol. The zero-order chi connectivity index (χ0) is 63.4. The number of imide groups is 1. The van der Waals surface area contributed by atoms with Gasteiger partial charge in [0.1, 0.15) is 24.0 Å². The van der Waals surface area contributed by atoms with E-state index >= 15 is 0 Å². The van der Waals surface area contributed by atoms with Gasteiger partial charge in [0.15, 0.2) is 5.78 Å². The fourth-order valence-corrected chi connectivity index (χ4v) is 10.3. The summed E-state index contributed by atoms with van der Waals surface area (Å²) in [6, 6.07) is 14.5. The molecular formula is C65H89N11O11. The number of fused-ring (bicyclic) bond motifs is 1. The van der Waals surface area contributed by atoms with Crippen molar-refractivity contribution >= 4 is 88.1 Å². The number of primary amides is 1. The standard InChI is InChI=1S/C34H48N4O8.C31H41N7O3/c1-4-9-32(43)46-22-25-14-12-24(13-15-25)20-29(40)28(11-8-18-36-34(35)45)37-33(44)27(23(2)3)21-26(39)10-6-5-7-19-38-30(41)16-17-31(38)42;1-4-13-38(14-5-2)31(41)24-17-22-7-8-23(18-26(22)36-27(32)19-24)30(40)35-25-9-10-28(34-20-25)37-15-11-21(12-16-37)29(39)33-6-3/h12-17,23,27-28H,4-11,18-22H2,1-3H3,(H,37,44)(H3,35,36,45);7-10,17-18,20-21H,4-6,11-16,19H2,1-3H3,(H2,32,36)(H,33,39)(H,35,40)/t27-,28-;/m0./s1. The second-order valence-corrected chi connectivity index (χ2v) is 22.5. The number of unbranched alkanes of at least 4 members (excludes halogenated alkanes) is 2. The van der Waals surface area contributed by atoms with E-state index in [9.17, 15) is 47.9 Å². The first-order valence-corrected chi connectivity index (χ1v) is 30.7. The first-order valence-electron chi connectivity index (χ1n) is 30.7. The van der Waals surface area contributed by atoms with E-state index in [0.29, 0.717) is 93.1 Å². The molecule has 0 spiro atoms. The van der Waals surface area contributed by atoms with E-state index < -0.39 is 18.0 Å². The van der Waals surface area contributed by atoms with E-state index in [2.05, 4.69) is 50.0 Å². The maximum atomic E-state index is 13.4. The van der Waals surface area contributed by atoms with Crippen molar-refractivity contribution in [3.05, 3.63) is 101 Å². The maximum absolute atomic E-state index is 13.4. The van der Waals surface area contributed by atoms with Gasteiger partial charge in [-0.3, -0.25) is 48.1 Å². The number of carbonyl (C=O) groups is 10. The monoisotopic (exact) mass is 1200 g/mol. The van der Waals surface area contributed by atoms with Crippen molar-refractivity contribution in [2.24, 2.45) is 34.2 Å². The summed E-state index contributed by atoms with van der Waals surface area (Å²) in [5.41, 5.74) is 15.8. The number of Topliss-reactive ketones (excluding diaryl/α,β-unsaturated/α-hetero) is 2. The van der Waals surface area contributed by atoms with Gasteiger partial charge in [-0.15, -0.1) is 0 Å². The fourth-order valence-electron chi connectivity index (χ4n) is 10.3. The van der Waals surface area contributed by atoms with Crippen molar-refractivity contribution in [2.75, 3.05) is 56.0 Å². The Kier molecular flexibility index (Phi) is 28.5. The van der Waals surface area contributed by atoms with Crippen molar-refractivity contribution < 1.29 is 52.7 Å². The number of anilines is 2. The number of hydrogen-bond acceptors (Lipinski definition) is 15. The summed E-state index contributed by atoms with van der Waals surface area (Å²) in [5.74, 6) is -1.37. The van der Waals surface area contributed by atoms with Gasteiger partial charge >= 0.3 is 12.0 Å². The van der Waals surface area contributed by atoms with Crippen LogP contribution in [-0.4, -0.2) is 131 Å². The number of nitrogens with zero attached hydrogens (tertiary/aromatic N) is 5. The molecule has 8 amide bonds. The predicted molar refractivity (Wildman–Crippen MR) is 334 cm³/mol. The number of piperidine rings is 1. The highest BCUT2D eigenvalue weighted by Gasteiger charge is 2.30. The van der Waals surface area contributed by atoms with Crippen LogP contribution < -0.4 is 37.6 Å². The summed E-state index contributed by atoms with van der Waals surface area (Å²) >= 11 is 0. The fraction of sp³-hybridized carbons (Fsp3) is 0.508. The first kappa shape index (κ1) is 69.2. The number of amides is 8. The van der Waals surface area contributed by atoms with Crippen LogP contribution in [0.15, 0.2) is 83.5 Å². The number of aliphatic imine (C=N–C) groups is 1. The lowest BCUT2D eigenvalue weighted by Gasteiger charge is -2.32. The molecule has 87 heavy (non-hydrogen) atoms. The van der Waals surface area contributed by atoms with Crippen molar-refractivity contribution in [3.63, 3.8) is 0 Å². The minimum Gasteiger partial charge on any atom is -0.461 e. The van der Waals surface area contributed by atoms with Gasteiger partial charge in [0.25, 0.3) is 17.7 Å². The molecule has 0 bridgehead atoms. The lowest BCUT2D eigenvalue weighted by atomic mass is 9.88. The van der Waals surface area contributed by atoms with Crippen molar-refractivity contribution in [1.82, 2.24) is 30.7 Å². The molecule has 0 aliphatic carbocycles. The molecule has 22 heteroatoms. The summed E-state index contributed by atoms with van der Waals surface area (Å²) in [6.07, 6.45) is 13.5. The third-order valence-electron chi connectivity index (χ3n) is 15.1. The van der Waals surface area contributed by atoms with Crippen LogP contribution in [0.5, 0.6) is 0 Å². The summed E-state index contributed by atoms with van der Waals surface area (Å²) in [4.78, 5) is 138. The number of ketones is 2. The topological polar surface area (TPSA) is 315 Å². The Bertz CT molecular complexity index is 2940. The Hall–Kier alpha value is -8.56. The number of ether oxygens (including phenoxy) is 1. The van der Waals surface area contributed by atoms with Crippen LogP contribution in [-0.2, 0) is 56.1 Å². The summed E-state index contributed by atoms with van der Waals surface area (Å²) < 4.78 is 5.23. The zero-order valence-electron chi connectivity index (χ0n) is 51.5. The first-order chi connectivity index (χ1) is 41.7. The number of hydrogen-bond donors (Lipinski definition) is 6. The van der Waals surface area contributed by atoms with E-state index in [1.54, 1.807) is 48.7 Å². The van der Waals surface area contributed by atoms with Crippen LogP contribution in [0.3, 0.4) is 0 Å². The number of nitrogens with two attached hydrogens (primary N) is 2. The average Bonchev–Trinajstić information content (AvgIpc) is 4.05. The SMILES string of the molecule is CCCC(=O)OCc1ccc(CC(=O)[C@H](CCCNC(N)=O)NC(=O)[C@@H](CC(=O)CCCCCN2C(=O)C=CC2=O)C(C)C)cc1.CCCN(CCC)C(=O)C1=Cc2ccc(C(=O)Nc3ccc(N4CCC(C(=O)NCC)CC4)nc3)cc2N=C(N)C1. The minimum atomic E-state index is -0.835. The van der Waals surface area contributed by atoms with Crippen LogP contribution in [0.25, 0.3) is 6.08 Å². The number of carbonyl (C=O) groups excluding carboxylic acids is 10. The minimum absolute atomic E-state index is 0.0242. The summed E-state index contributed by atoms with van der Waals surface area (Å²) in [7, 11) is 0. The number of nitrogens with one attached hydrogen (secondary N) is 4. The van der Waals surface area contributed by atoms with E-state index in [1.807, 2.05) is 50.8 Å². The molecule has 0 saturated carbocycles. The molecule has 3 aliphatic rings. The van der Waals surface area contributed by atoms with Gasteiger partial charge in [-0.1, -0.05) is 71.4 Å². The van der Waals surface area contributed by atoms with Crippen LogP contribution in [0, 0.1) is 17.8 Å². The molecule has 1 fully saturated rings. The largest absolute Gasteiger partial charge is 0.461 e. The van der Waals surface area contributed by atoms with Gasteiger partial charge in [-0.2, -0.15) is 0 Å². The van der Waals surface area contributed by atoms with Gasteiger partial charge < -0.3 is 47.3 Å². The molecule has 22 nitrogen and oxygen atoms in total. The number of pyridine rings is 1. The summed E-state index contributed by atoms with van der Waals surface area (Å²) in [6.45, 7) is 15.9. The molecule has 3 aromatic rings. The van der Waals surface area contributed by atoms with Gasteiger partial charge in [-0.25, -0.2) is 14.8 Å². The van der Waals surface area contributed by atoms with E-state index in [0.717, 1.165) is 61.3 Å². The lowest BCUT2D eigenvalue weighted by molar-refractivity contribution is -0.145. The Morgan fingerprint density at radius 3 is 2.11 bits per heavy atom. The Labute approximate surface area is 511 Å². The number of urea groups is 1. The molecule has 0 radical (unpaired) electrons. The molecule has 470 valence electrons. The Morgan fingerprint density at radius 2 is 1.49 bits per heavy atom. The average molecular weight is 1200 g/mol. The highest BCUT2D eigenvalue weighted by molar-refractivity contribution is 6.13. The molecule has 2 aromatic carbocycles. The van der Waals surface area contributed by atoms with E-state index in [-0.39, 0.29) is 110 Å². The number of rotatable bonds is 32.